The van der Waals surface area contributed by atoms with Crippen molar-refractivity contribution in [2.45, 2.75) is 26.3 Å². The lowest BCUT2D eigenvalue weighted by molar-refractivity contribution is 0.0823. The van der Waals surface area contributed by atoms with Crippen LogP contribution in [0.25, 0.3) is 0 Å². The highest BCUT2D eigenvalue weighted by atomic mass is 16.5. The Morgan fingerprint density at radius 2 is 2.00 bits per heavy atom. The summed E-state index contributed by atoms with van der Waals surface area (Å²) in [4.78, 5) is 2.42. The van der Waals surface area contributed by atoms with Crippen LogP contribution in [0.2, 0.25) is 0 Å². The quantitative estimate of drug-likeness (QED) is 0.644. The molecule has 0 atom stereocenters. The predicted octanol–water partition coefficient (Wildman–Crippen LogP) is 0.953. The number of methoxy groups -OCH3 is 1. The van der Waals surface area contributed by atoms with Crippen LogP contribution in [-0.4, -0.2) is 50.8 Å². The van der Waals surface area contributed by atoms with E-state index < -0.39 is 0 Å². The van der Waals surface area contributed by atoms with Crippen LogP contribution in [0, 0.1) is 0 Å². The first kappa shape index (κ1) is 12.9. The Labute approximate surface area is 82.4 Å². The monoisotopic (exact) mass is 188 g/mol. The number of rotatable bonds is 7. The van der Waals surface area contributed by atoms with Gasteiger partial charge in [-0.15, -0.1) is 0 Å². The second-order valence-corrected chi connectivity index (χ2v) is 3.92. The molecular weight excluding hydrogens is 164 g/mol. The van der Waals surface area contributed by atoms with Gasteiger partial charge in [-0.1, -0.05) is 6.92 Å². The van der Waals surface area contributed by atoms with E-state index >= 15 is 0 Å². The molecular formula is C10H24N2O. The average molecular weight is 188 g/mol. The van der Waals surface area contributed by atoms with E-state index in [-0.39, 0.29) is 5.54 Å². The van der Waals surface area contributed by atoms with Crippen molar-refractivity contribution in [3.05, 3.63) is 0 Å². The van der Waals surface area contributed by atoms with Crippen LogP contribution in [0.15, 0.2) is 0 Å². The number of likely N-dealkylation sites (N-methyl/N-ethyl adjacent to an activating group) is 2. The van der Waals surface area contributed by atoms with E-state index in [1.54, 1.807) is 7.11 Å². The molecule has 13 heavy (non-hydrogen) atoms. The van der Waals surface area contributed by atoms with E-state index in [1.165, 1.54) is 0 Å². The Bertz CT molecular complexity index is 126. The van der Waals surface area contributed by atoms with Gasteiger partial charge in [0.1, 0.15) is 0 Å². The molecule has 3 nitrogen and oxygen atoms in total. The molecule has 0 heterocycles. The van der Waals surface area contributed by atoms with Crippen LogP contribution in [0.5, 0.6) is 0 Å². The number of hydrogen-bond acceptors (Lipinski definition) is 3. The van der Waals surface area contributed by atoms with Gasteiger partial charge in [0.2, 0.25) is 0 Å². The summed E-state index contributed by atoms with van der Waals surface area (Å²) in [5, 5.41) is 3.22. The summed E-state index contributed by atoms with van der Waals surface area (Å²) >= 11 is 0. The highest BCUT2D eigenvalue weighted by molar-refractivity contribution is 4.82. The molecule has 0 amide bonds. The first-order chi connectivity index (χ1) is 6.08. The van der Waals surface area contributed by atoms with Crippen LogP contribution in [0.4, 0.5) is 0 Å². The van der Waals surface area contributed by atoms with E-state index in [9.17, 15) is 0 Å². The molecule has 0 aromatic carbocycles. The molecule has 0 radical (unpaired) electrons. The van der Waals surface area contributed by atoms with Crippen LogP contribution in [0.1, 0.15) is 20.8 Å². The Kier molecular flexibility index (Phi) is 6.29. The lowest BCUT2D eigenvalue weighted by Gasteiger charge is -2.37. The van der Waals surface area contributed by atoms with Gasteiger partial charge in [-0.05, 0) is 27.4 Å². The van der Waals surface area contributed by atoms with Gasteiger partial charge < -0.3 is 10.1 Å². The number of hydrogen-bond donors (Lipinski definition) is 1. The zero-order chi connectivity index (χ0) is 10.3. The van der Waals surface area contributed by atoms with Crippen molar-refractivity contribution in [1.29, 1.82) is 0 Å². The van der Waals surface area contributed by atoms with Crippen molar-refractivity contribution in [2.75, 3.05) is 40.4 Å². The minimum atomic E-state index is 0.210. The molecule has 0 unspecified atom stereocenters. The van der Waals surface area contributed by atoms with E-state index in [4.69, 9.17) is 4.74 Å². The minimum Gasteiger partial charge on any atom is -0.383 e. The standard InChI is InChI=1S/C10H24N2O/c1-6-12(7-8-13-5)10(2,3)9-11-4/h11H,6-9H2,1-5H3. The molecule has 0 aliphatic carbocycles. The summed E-state index contributed by atoms with van der Waals surface area (Å²) in [6.07, 6.45) is 0. The molecule has 0 saturated heterocycles. The third kappa shape index (κ3) is 4.60. The number of nitrogens with one attached hydrogen (secondary N) is 1. The number of ether oxygens (including phenoxy) is 1. The Balaban J connectivity index is 4.02. The fourth-order valence-corrected chi connectivity index (χ4v) is 1.63. The molecule has 0 aromatic heterocycles. The van der Waals surface area contributed by atoms with E-state index in [2.05, 4.69) is 31.0 Å². The Morgan fingerprint density at radius 1 is 1.38 bits per heavy atom. The lowest BCUT2D eigenvalue weighted by atomic mass is 10.0. The first-order valence-electron chi connectivity index (χ1n) is 4.97. The fraction of sp³-hybridized carbons (Fsp3) is 1.00. The second kappa shape index (κ2) is 6.35. The highest BCUT2D eigenvalue weighted by Gasteiger charge is 2.23. The summed E-state index contributed by atoms with van der Waals surface area (Å²) < 4.78 is 5.09. The first-order valence-corrected chi connectivity index (χ1v) is 4.97. The normalized spacial score (nSPS) is 12.5. The molecule has 3 heteroatoms. The highest BCUT2D eigenvalue weighted by Crippen LogP contribution is 2.12. The predicted molar refractivity (Wildman–Crippen MR) is 57.1 cm³/mol. The summed E-state index contributed by atoms with van der Waals surface area (Å²) in [6.45, 7) is 10.6. The second-order valence-electron chi connectivity index (χ2n) is 3.92. The van der Waals surface area contributed by atoms with Crippen molar-refractivity contribution in [3.8, 4) is 0 Å². The van der Waals surface area contributed by atoms with Crippen molar-refractivity contribution >= 4 is 0 Å². The van der Waals surface area contributed by atoms with E-state index in [0.717, 1.165) is 26.2 Å². The molecule has 0 aliphatic rings. The topological polar surface area (TPSA) is 24.5 Å². The van der Waals surface area contributed by atoms with Crippen LogP contribution in [-0.2, 0) is 4.74 Å². The van der Waals surface area contributed by atoms with Gasteiger partial charge in [-0.25, -0.2) is 0 Å². The summed E-state index contributed by atoms with van der Waals surface area (Å²) in [7, 11) is 3.74. The van der Waals surface area contributed by atoms with Gasteiger partial charge in [0.25, 0.3) is 0 Å². The molecule has 0 rings (SSSR count). The molecule has 0 aromatic rings. The number of nitrogens with zero attached hydrogens (tertiary/aromatic N) is 1. The van der Waals surface area contributed by atoms with Gasteiger partial charge in [-0.3, -0.25) is 4.90 Å². The van der Waals surface area contributed by atoms with Crippen LogP contribution < -0.4 is 5.32 Å². The van der Waals surface area contributed by atoms with Gasteiger partial charge >= 0.3 is 0 Å². The zero-order valence-corrected chi connectivity index (χ0v) is 9.68. The van der Waals surface area contributed by atoms with Crippen molar-refractivity contribution in [3.63, 3.8) is 0 Å². The maximum absolute atomic E-state index is 5.09. The van der Waals surface area contributed by atoms with Gasteiger partial charge in [0, 0.05) is 25.7 Å². The molecule has 0 bridgehead atoms. The summed E-state index contributed by atoms with van der Waals surface area (Å²) in [5.74, 6) is 0. The van der Waals surface area contributed by atoms with Crippen molar-refractivity contribution in [2.24, 2.45) is 0 Å². The Hall–Kier alpha value is -0.120. The SMILES string of the molecule is CCN(CCOC)C(C)(C)CNC. The lowest BCUT2D eigenvalue weighted by Crippen LogP contribution is -2.51. The minimum absolute atomic E-state index is 0.210. The average Bonchev–Trinajstić information content (AvgIpc) is 2.05. The smallest absolute Gasteiger partial charge is 0.0589 e. The van der Waals surface area contributed by atoms with Gasteiger partial charge in [0.15, 0.2) is 0 Å². The molecule has 80 valence electrons. The van der Waals surface area contributed by atoms with Crippen molar-refractivity contribution in [1.82, 2.24) is 10.2 Å². The van der Waals surface area contributed by atoms with Crippen LogP contribution in [0.3, 0.4) is 0 Å². The largest absolute Gasteiger partial charge is 0.383 e. The molecule has 0 saturated carbocycles. The van der Waals surface area contributed by atoms with Gasteiger partial charge in [-0.2, -0.15) is 0 Å². The maximum atomic E-state index is 5.09. The molecule has 1 N–H and O–H groups in total. The van der Waals surface area contributed by atoms with Crippen molar-refractivity contribution < 1.29 is 4.74 Å². The third-order valence-corrected chi connectivity index (χ3v) is 2.41. The Morgan fingerprint density at radius 3 is 2.38 bits per heavy atom. The maximum Gasteiger partial charge on any atom is 0.0589 e. The fourth-order valence-electron chi connectivity index (χ4n) is 1.63. The summed E-state index contributed by atoms with van der Waals surface area (Å²) in [6, 6.07) is 0. The van der Waals surface area contributed by atoms with Gasteiger partial charge in [0.05, 0.1) is 6.61 Å². The third-order valence-electron chi connectivity index (χ3n) is 2.41. The van der Waals surface area contributed by atoms with E-state index in [1.807, 2.05) is 7.05 Å². The van der Waals surface area contributed by atoms with E-state index in [0.29, 0.717) is 0 Å². The molecule has 0 fully saturated rings. The molecule has 0 spiro atoms. The zero-order valence-electron chi connectivity index (χ0n) is 9.68. The molecule has 0 aliphatic heterocycles. The summed E-state index contributed by atoms with van der Waals surface area (Å²) in [5.41, 5.74) is 0.210. The van der Waals surface area contributed by atoms with Crippen LogP contribution >= 0.6 is 0 Å².